The molecule has 1 saturated heterocycles. The number of allylic oxidation sites excluding steroid dienone is 1. The highest BCUT2D eigenvalue weighted by Crippen LogP contribution is 2.15. The fourth-order valence-corrected chi connectivity index (χ4v) is 2.43. The highest BCUT2D eigenvalue weighted by atomic mass is 35.5. The van der Waals surface area contributed by atoms with Crippen LogP contribution in [-0.2, 0) is 11.3 Å². The van der Waals surface area contributed by atoms with Crippen molar-refractivity contribution in [3.05, 3.63) is 34.2 Å². The second kappa shape index (κ2) is 8.17. The molecule has 0 radical (unpaired) electrons. The number of aromatic nitrogens is 2. The molecule has 1 aromatic rings. The summed E-state index contributed by atoms with van der Waals surface area (Å²) in [7, 11) is 0. The molecule has 0 atom stereocenters. The number of hydrogen-bond donors (Lipinski definition) is 2. The van der Waals surface area contributed by atoms with Crippen LogP contribution in [0.2, 0.25) is 5.02 Å². The molecule has 1 aliphatic heterocycles. The van der Waals surface area contributed by atoms with Crippen LogP contribution in [0, 0.1) is 0 Å². The SMILES string of the molecule is C=CCn1ncc(NCCOC2CCNCC2)c(Cl)c1=O. The molecule has 1 aliphatic rings. The quantitative estimate of drug-likeness (QED) is 0.586. The van der Waals surface area contributed by atoms with Gasteiger partial charge in [0.15, 0.2) is 0 Å². The van der Waals surface area contributed by atoms with E-state index in [0.29, 0.717) is 31.5 Å². The van der Waals surface area contributed by atoms with E-state index in [0.717, 1.165) is 25.9 Å². The lowest BCUT2D eigenvalue weighted by Gasteiger charge is -2.23. The summed E-state index contributed by atoms with van der Waals surface area (Å²) in [5.41, 5.74) is 0.219. The van der Waals surface area contributed by atoms with Crippen LogP contribution in [0.15, 0.2) is 23.6 Å². The number of nitrogens with one attached hydrogen (secondary N) is 2. The zero-order chi connectivity index (χ0) is 15.1. The molecule has 1 fully saturated rings. The summed E-state index contributed by atoms with van der Waals surface area (Å²) < 4.78 is 7.04. The summed E-state index contributed by atoms with van der Waals surface area (Å²) in [6.07, 6.45) is 5.56. The van der Waals surface area contributed by atoms with E-state index in [1.807, 2.05) is 0 Å². The molecule has 116 valence electrons. The number of anilines is 1. The van der Waals surface area contributed by atoms with Gasteiger partial charge < -0.3 is 15.4 Å². The van der Waals surface area contributed by atoms with Crippen LogP contribution in [0.4, 0.5) is 5.69 Å². The average molecular weight is 313 g/mol. The summed E-state index contributed by atoms with van der Waals surface area (Å²) in [5.74, 6) is 0. The highest BCUT2D eigenvalue weighted by molar-refractivity contribution is 6.32. The van der Waals surface area contributed by atoms with Gasteiger partial charge in [0.1, 0.15) is 5.02 Å². The van der Waals surface area contributed by atoms with Crippen molar-refractivity contribution in [3.63, 3.8) is 0 Å². The van der Waals surface area contributed by atoms with Gasteiger partial charge in [-0.2, -0.15) is 5.10 Å². The number of halogens is 1. The van der Waals surface area contributed by atoms with Gasteiger partial charge in [-0.3, -0.25) is 4.79 Å². The van der Waals surface area contributed by atoms with Gasteiger partial charge in [0.05, 0.1) is 31.1 Å². The van der Waals surface area contributed by atoms with Crippen molar-refractivity contribution in [1.29, 1.82) is 0 Å². The second-order valence-electron chi connectivity index (χ2n) is 4.90. The Kier molecular flexibility index (Phi) is 6.22. The first kappa shape index (κ1) is 16.0. The molecule has 0 bridgehead atoms. The first-order chi connectivity index (χ1) is 10.2. The molecule has 7 heteroatoms. The Labute approximate surface area is 129 Å². The maximum atomic E-state index is 11.9. The molecule has 0 aromatic carbocycles. The lowest BCUT2D eigenvalue weighted by molar-refractivity contribution is 0.0394. The van der Waals surface area contributed by atoms with Crippen LogP contribution in [0.1, 0.15) is 12.8 Å². The van der Waals surface area contributed by atoms with Crippen molar-refractivity contribution >= 4 is 17.3 Å². The fourth-order valence-electron chi connectivity index (χ4n) is 2.21. The van der Waals surface area contributed by atoms with Gasteiger partial charge in [0.25, 0.3) is 5.56 Å². The normalized spacial score (nSPS) is 15.9. The average Bonchev–Trinajstić information content (AvgIpc) is 2.51. The first-order valence-corrected chi connectivity index (χ1v) is 7.53. The van der Waals surface area contributed by atoms with E-state index in [2.05, 4.69) is 22.3 Å². The topological polar surface area (TPSA) is 68.2 Å². The lowest BCUT2D eigenvalue weighted by Crippen LogP contribution is -2.33. The largest absolute Gasteiger partial charge is 0.380 e. The van der Waals surface area contributed by atoms with Crippen molar-refractivity contribution in [1.82, 2.24) is 15.1 Å². The molecular weight excluding hydrogens is 292 g/mol. The van der Waals surface area contributed by atoms with E-state index in [4.69, 9.17) is 16.3 Å². The van der Waals surface area contributed by atoms with Crippen LogP contribution in [0.25, 0.3) is 0 Å². The van der Waals surface area contributed by atoms with Crippen LogP contribution in [0.3, 0.4) is 0 Å². The molecule has 0 aliphatic carbocycles. The third-order valence-corrected chi connectivity index (χ3v) is 3.71. The van der Waals surface area contributed by atoms with Gasteiger partial charge in [-0.15, -0.1) is 6.58 Å². The molecule has 0 amide bonds. The maximum absolute atomic E-state index is 11.9. The van der Waals surface area contributed by atoms with Gasteiger partial charge in [-0.25, -0.2) is 4.68 Å². The maximum Gasteiger partial charge on any atom is 0.287 e. The van der Waals surface area contributed by atoms with Crippen molar-refractivity contribution in [2.24, 2.45) is 0 Å². The number of rotatable bonds is 7. The van der Waals surface area contributed by atoms with Gasteiger partial charge in [-0.05, 0) is 25.9 Å². The molecule has 0 saturated carbocycles. The van der Waals surface area contributed by atoms with Crippen LogP contribution < -0.4 is 16.2 Å². The standard InChI is InChI=1S/C14H21ClN4O2/c1-2-8-19-14(20)13(15)12(10-18-19)17-7-9-21-11-3-5-16-6-4-11/h2,10-11,16-17H,1,3-9H2. The van der Waals surface area contributed by atoms with E-state index in [-0.39, 0.29) is 10.6 Å². The molecule has 1 aromatic heterocycles. The van der Waals surface area contributed by atoms with Crippen molar-refractivity contribution in [3.8, 4) is 0 Å². The number of piperidine rings is 1. The fraction of sp³-hybridized carbons (Fsp3) is 0.571. The summed E-state index contributed by atoms with van der Waals surface area (Å²) in [4.78, 5) is 11.9. The Morgan fingerprint density at radius 3 is 3.05 bits per heavy atom. The lowest BCUT2D eigenvalue weighted by atomic mass is 10.1. The Bertz CT molecular complexity index is 526. The molecule has 0 unspecified atom stereocenters. The van der Waals surface area contributed by atoms with E-state index in [9.17, 15) is 4.79 Å². The Hall–Kier alpha value is -1.37. The molecule has 6 nitrogen and oxygen atoms in total. The van der Waals surface area contributed by atoms with Crippen LogP contribution >= 0.6 is 11.6 Å². The molecule has 21 heavy (non-hydrogen) atoms. The molecule has 0 spiro atoms. The van der Waals surface area contributed by atoms with Crippen molar-refractivity contribution < 1.29 is 4.74 Å². The minimum absolute atomic E-state index is 0.147. The number of ether oxygens (including phenoxy) is 1. The predicted octanol–water partition coefficient (Wildman–Crippen LogP) is 1.26. The predicted molar refractivity (Wildman–Crippen MR) is 84.0 cm³/mol. The van der Waals surface area contributed by atoms with E-state index in [1.165, 1.54) is 4.68 Å². The smallest absolute Gasteiger partial charge is 0.287 e. The number of hydrogen-bond acceptors (Lipinski definition) is 5. The monoisotopic (exact) mass is 312 g/mol. The van der Waals surface area contributed by atoms with Gasteiger partial charge in [0.2, 0.25) is 0 Å². The zero-order valence-corrected chi connectivity index (χ0v) is 12.7. The minimum Gasteiger partial charge on any atom is -0.380 e. The summed E-state index contributed by atoms with van der Waals surface area (Å²) in [6, 6.07) is 0. The third kappa shape index (κ3) is 4.56. The Balaban J connectivity index is 1.81. The summed E-state index contributed by atoms with van der Waals surface area (Å²) >= 11 is 6.04. The molecule has 2 N–H and O–H groups in total. The Morgan fingerprint density at radius 1 is 1.57 bits per heavy atom. The summed E-state index contributed by atoms with van der Waals surface area (Å²) in [5, 5.41) is 10.6. The number of nitrogens with zero attached hydrogens (tertiary/aromatic N) is 2. The third-order valence-electron chi connectivity index (χ3n) is 3.34. The van der Waals surface area contributed by atoms with Gasteiger partial charge in [-0.1, -0.05) is 17.7 Å². The van der Waals surface area contributed by atoms with Crippen LogP contribution in [0.5, 0.6) is 0 Å². The molecular formula is C14H21ClN4O2. The first-order valence-electron chi connectivity index (χ1n) is 7.15. The van der Waals surface area contributed by atoms with Gasteiger partial charge in [0, 0.05) is 6.54 Å². The van der Waals surface area contributed by atoms with E-state index in [1.54, 1.807) is 12.3 Å². The molecule has 2 rings (SSSR count). The molecule has 2 heterocycles. The van der Waals surface area contributed by atoms with Crippen LogP contribution in [-0.4, -0.2) is 42.1 Å². The minimum atomic E-state index is -0.319. The Morgan fingerprint density at radius 2 is 2.33 bits per heavy atom. The summed E-state index contributed by atoms with van der Waals surface area (Å²) in [6.45, 7) is 7.11. The second-order valence-corrected chi connectivity index (χ2v) is 5.27. The van der Waals surface area contributed by atoms with Crippen molar-refractivity contribution in [2.45, 2.75) is 25.5 Å². The van der Waals surface area contributed by atoms with E-state index >= 15 is 0 Å². The zero-order valence-electron chi connectivity index (χ0n) is 12.0. The van der Waals surface area contributed by atoms with E-state index < -0.39 is 0 Å². The van der Waals surface area contributed by atoms with Gasteiger partial charge >= 0.3 is 0 Å². The van der Waals surface area contributed by atoms with Crippen molar-refractivity contribution in [2.75, 3.05) is 31.6 Å². The highest BCUT2D eigenvalue weighted by Gasteiger charge is 2.13.